The van der Waals surface area contributed by atoms with Gasteiger partial charge in [-0.3, -0.25) is 19.3 Å². The van der Waals surface area contributed by atoms with Crippen LogP contribution in [0.2, 0.25) is 0 Å². The molecule has 1 N–H and O–H groups in total. The molecule has 0 bridgehead atoms. The summed E-state index contributed by atoms with van der Waals surface area (Å²) in [5.74, 6) is -3.08. The van der Waals surface area contributed by atoms with Gasteiger partial charge in [0.1, 0.15) is 17.5 Å². The normalized spacial score (nSPS) is 15.2. The van der Waals surface area contributed by atoms with Crippen LogP contribution in [-0.4, -0.2) is 40.8 Å². The van der Waals surface area contributed by atoms with Crippen molar-refractivity contribution in [2.24, 2.45) is 0 Å². The topological polar surface area (TPSA) is 66.5 Å². The van der Waals surface area contributed by atoms with Gasteiger partial charge in [0.05, 0.1) is 10.7 Å². The van der Waals surface area contributed by atoms with E-state index in [1.54, 1.807) is 6.07 Å². The Bertz CT molecular complexity index is 1030. The number of amides is 3. The maximum Gasteiger partial charge on any atom is 0.293 e. The fourth-order valence-corrected chi connectivity index (χ4v) is 4.13. The molecule has 3 amide bonds. The van der Waals surface area contributed by atoms with E-state index in [2.05, 4.69) is 5.32 Å². The number of hydrogen-bond donors (Lipinski definition) is 1. The van der Waals surface area contributed by atoms with Crippen LogP contribution >= 0.6 is 23.5 Å². The van der Waals surface area contributed by atoms with Crippen LogP contribution in [0, 0.1) is 17.5 Å². The summed E-state index contributed by atoms with van der Waals surface area (Å²) in [6.45, 7) is -0.0447. The Labute approximate surface area is 178 Å². The van der Waals surface area contributed by atoms with Crippen molar-refractivity contribution in [3.05, 3.63) is 70.4 Å². The molecule has 1 fully saturated rings. The zero-order valence-corrected chi connectivity index (χ0v) is 17.0. The predicted octanol–water partition coefficient (Wildman–Crippen LogP) is 4.05. The third-order valence-electron chi connectivity index (χ3n) is 3.98. The van der Waals surface area contributed by atoms with Crippen LogP contribution < -0.4 is 5.32 Å². The second-order valence-corrected chi connectivity index (χ2v) is 8.08. The van der Waals surface area contributed by atoms with Gasteiger partial charge in [-0.1, -0.05) is 18.2 Å². The summed E-state index contributed by atoms with van der Waals surface area (Å²) in [6, 6.07) is 8.94. The molecule has 5 nitrogen and oxygen atoms in total. The van der Waals surface area contributed by atoms with E-state index in [0.29, 0.717) is 11.8 Å². The molecule has 0 aliphatic carbocycles. The number of carbonyl (C=O) groups excluding carboxylic acids is 3. The highest BCUT2D eigenvalue weighted by Gasteiger charge is 2.34. The highest BCUT2D eigenvalue weighted by Crippen LogP contribution is 2.32. The molecular weight excluding hydrogens is 437 g/mol. The lowest BCUT2D eigenvalue weighted by molar-refractivity contribution is -0.123. The molecule has 10 heteroatoms. The molecule has 3 rings (SSSR count). The minimum atomic E-state index is -0.757. The van der Waals surface area contributed by atoms with Gasteiger partial charge in [-0.25, -0.2) is 13.2 Å². The summed E-state index contributed by atoms with van der Waals surface area (Å²) in [4.78, 5) is 37.5. The molecule has 2 aromatic carbocycles. The smallest absolute Gasteiger partial charge is 0.293 e. The van der Waals surface area contributed by atoms with Crippen molar-refractivity contribution in [2.45, 2.75) is 4.90 Å². The van der Waals surface area contributed by atoms with Gasteiger partial charge in [0.2, 0.25) is 5.91 Å². The monoisotopic (exact) mass is 452 g/mol. The number of imide groups is 1. The summed E-state index contributed by atoms with van der Waals surface area (Å²) in [7, 11) is 0. The minimum absolute atomic E-state index is 0.0102. The summed E-state index contributed by atoms with van der Waals surface area (Å²) >= 11 is 1.60. The van der Waals surface area contributed by atoms with Crippen LogP contribution in [0.3, 0.4) is 0 Å². The van der Waals surface area contributed by atoms with Crippen molar-refractivity contribution in [2.75, 3.05) is 18.8 Å². The van der Waals surface area contributed by atoms with Crippen LogP contribution in [0.25, 0.3) is 6.08 Å². The number of nitrogens with zero attached hydrogens (tertiary/aromatic N) is 1. The lowest BCUT2D eigenvalue weighted by Crippen LogP contribution is -2.37. The van der Waals surface area contributed by atoms with Gasteiger partial charge in [0.15, 0.2) is 0 Å². The maximum atomic E-state index is 13.7. The number of benzene rings is 2. The van der Waals surface area contributed by atoms with Crippen molar-refractivity contribution >= 4 is 46.7 Å². The average molecular weight is 452 g/mol. The van der Waals surface area contributed by atoms with E-state index < -0.39 is 34.5 Å². The number of thioether (sulfide) groups is 2. The molecule has 0 atom stereocenters. The van der Waals surface area contributed by atoms with Crippen LogP contribution in [0.15, 0.2) is 52.3 Å². The average Bonchev–Trinajstić information content (AvgIpc) is 2.96. The lowest BCUT2D eigenvalue weighted by Gasteiger charge is -2.13. The Hall–Kier alpha value is -2.72. The van der Waals surface area contributed by atoms with Crippen LogP contribution in [0.1, 0.15) is 5.56 Å². The molecule has 1 aliphatic heterocycles. The Morgan fingerprint density at radius 2 is 1.87 bits per heavy atom. The Balaban J connectivity index is 1.49. The number of hydrogen-bond acceptors (Lipinski definition) is 5. The highest BCUT2D eigenvalue weighted by atomic mass is 32.2. The minimum Gasteiger partial charge on any atom is -0.354 e. The van der Waals surface area contributed by atoms with Crippen molar-refractivity contribution < 1.29 is 27.6 Å². The van der Waals surface area contributed by atoms with Crippen LogP contribution in [0.4, 0.5) is 18.0 Å². The van der Waals surface area contributed by atoms with E-state index in [1.165, 1.54) is 30.3 Å². The number of nitrogens with one attached hydrogen (secondary N) is 1. The third-order valence-corrected chi connectivity index (χ3v) is 5.93. The Morgan fingerprint density at radius 1 is 1.10 bits per heavy atom. The molecule has 0 spiro atoms. The first kappa shape index (κ1) is 22.0. The van der Waals surface area contributed by atoms with Gasteiger partial charge in [-0.2, -0.15) is 0 Å². The van der Waals surface area contributed by atoms with Gasteiger partial charge < -0.3 is 5.32 Å². The molecule has 2 aromatic rings. The molecule has 1 saturated heterocycles. The molecule has 0 saturated carbocycles. The highest BCUT2D eigenvalue weighted by molar-refractivity contribution is 8.18. The van der Waals surface area contributed by atoms with Crippen LogP contribution in [0.5, 0.6) is 0 Å². The lowest BCUT2D eigenvalue weighted by atomic mass is 10.2. The summed E-state index contributed by atoms with van der Waals surface area (Å²) in [6.07, 6.45) is 1.31. The van der Waals surface area contributed by atoms with Gasteiger partial charge >= 0.3 is 0 Å². The van der Waals surface area contributed by atoms with E-state index in [1.807, 2.05) is 0 Å². The predicted molar refractivity (Wildman–Crippen MR) is 109 cm³/mol. The Morgan fingerprint density at radius 3 is 2.60 bits per heavy atom. The first-order valence-corrected chi connectivity index (χ1v) is 10.5. The first-order chi connectivity index (χ1) is 14.3. The molecule has 156 valence electrons. The number of rotatable bonds is 7. The van der Waals surface area contributed by atoms with Gasteiger partial charge in [0.25, 0.3) is 11.1 Å². The molecule has 30 heavy (non-hydrogen) atoms. The van der Waals surface area contributed by atoms with E-state index >= 15 is 0 Å². The van der Waals surface area contributed by atoms with Gasteiger partial charge in [-0.15, -0.1) is 11.8 Å². The molecule has 1 aliphatic rings. The largest absolute Gasteiger partial charge is 0.354 e. The quantitative estimate of drug-likeness (QED) is 0.507. The van der Waals surface area contributed by atoms with E-state index in [9.17, 15) is 27.6 Å². The van der Waals surface area contributed by atoms with Crippen molar-refractivity contribution in [1.82, 2.24) is 10.2 Å². The van der Waals surface area contributed by atoms with Crippen molar-refractivity contribution in [1.29, 1.82) is 0 Å². The summed E-state index contributed by atoms with van der Waals surface area (Å²) in [5, 5.41) is 2.02. The Kier molecular flexibility index (Phi) is 7.22. The second-order valence-electron chi connectivity index (χ2n) is 6.07. The van der Waals surface area contributed by atoms with Crippen LogP contribution in [-0.2, 0) is 9.59 Å². The van der Waals surface area contributed by atoms with Crippen molar-refractivity contribution in [3.8, 4) is 0 Å². The molecule has 0 radical (unpaired) electrons. The zero-order valence-electron chi connectivity index (χ0n) is 15.4. The maximum absolute atomic E-state index is 13.7. The summed E-state index contributed by atoms with van der Waals surface area (Å²) in [5.41, 5.74) is 0.196. The third kappa shape index (κ3) is 5.45. The SMILES string of the molecule is O=C(CSc1ccc(F)cc1F)NCCN1C(=O)S/C(=C\c2ccccc2F)C1=O. The van der Waals surface area contributed by atoms with E-state index in [4.69, 9.17) is 0 Å². The van der Waals surface area contributed by atoms with Crippen molar-refractivity contribution in [3.63, 3.8) is 0 Å². The fraction of sp³-hybridized carbons (Fsp3) is 0.150. The van der Waals surface area contributed by atoms with Gasteiger partial charge in [-0.05, 0) is 36.0 Å². The first-order valence-electron chi connectivity index (χ1n) is 8.69. The van der Waals surface area contributed by atoms with Gasteiger partial charge in [0, 0.05) is 29.6 Å². The molecule has 0 unspecified atom stereocenters. The number of halogens is 3. The van der Waals surface area contributed by atoms with E-state index in [-0.39, 0.29) is 34.2 Å². The second kappa shape index (κ2) is 9.86. The molecule has 1 heterocycles. The summed E-state index contributed by atoms with van der Waals surface area (Å²) < 4.78 is 40.2. The molecule has 0 aromatic heterocycles. The fourth-order valence-electron chi connectivity index (χ4n) is 2.52. The molecular formula is C20H15F3N2O3S2. The zero-order chi connectivity index (χ0) is 21.7. The number of carbonyl (C=O) groups is 3. The standard InChI is InChI=1S/C20H15F3N2O3S2/c21-13-5-6-16(15(23)10-13)29-11-18(26)24-7-8-25-19(27)17(30-20(25)28)9-12-3-1-2-4-14(12)22/h1-6,9-10H,7-8,11H2,(H,24,26)/b17-9-. The van der Waals surface area contributed by atoms with E-state index in [0.717, 1.165) is 28.8 Å².